The van der Waals surface area contributed by atoms with Gasteiger partial charge in [0.1, 0.15) is 0 Å². The molecule has 13 heavy (non-hydrogen) atoms. The van der Waals surface area contributed by atoms with Gasteiger partial charge in [0.25, 0.3) is 0 Å². The molecule has 0 aliphatic carbocycles. The van der Waals surface area contributed by atoms with Crippen molar-refractivity contribution in [2.75, 3.05) is 26.7 Å². The monoisotopic (exact) mass is 186 g/mol. The van der Waals surface area contributed by atoms with Gasteiger partial charge in [-0.3, -0.25) is 4.79 Å². The molecule has 1 heterocycles. The summed E-state index contributed by atoms with van der Waals surface area (Å²) in [5.41, 5.74) is 0. The molecular formula is C9H18N2O2. The van der Waals surface area contributed by atoms with Gasteiger partial charge in [-0.25, -0.2) is 0 Å². The zero-order chi connectivity index (χ0) is 9.68. The summed E-state index contributed by atoms with van der Waals surface area (Å²) >= 11 is 0. The van der Waals surface area contributed by atoms with Crippen LogP contribution < -0.4 is 5.32 Å². The van der Waals surface area contributed by atoms with Gasteiger partial charge in [-0.1, -0.05) is 0 Å². The number of carboxylic acids is 1. The van der Waals surface area contributed by atoms with Gasteiger partial charge in [-0.05, 0) is 33.0 Å². The smallest absolute Gasteiger partial charge is 0.304 e. The number of aliphatic carboxylic acids is 1. The van der Waals surface area contributed by atoms with Crippen LogP contribution in [0, 0.1) is 0 Å². The average Bonchev–Trinajstić information content (AvgIpc) is 2.15. The Hall–Kier alpha value is -0.610. The van der Waals surface area contributed by atoms with Crippen molar-refractivity contribution in [1.82, 2.24) is 10.2 Å². The minimum absolute atomic E-state index is 0.268. The Kier molecular flexibility index (Phi) is 4.18. The van der Waals surface area contributed by atoms with E-state index in [1.54, 1.807) is 0 Å². The van der Waals surface area contributed by atoms with E-state index in [-0.39, 0.29) is 6.42 Å². The second-order valence-electron chi connectivity index (χ2n) is 3.55. The average molecular weight is 186 g/mol. The Labute approximate surface area is 78.9 Å². The van der Waals surface area contributed by atoms with Crippen LogP contribution in [0.4, 0.5) is 0 Å². The van der Waals surface area contributed by atoms with Gasteiger partial charge in [-0.15, -0.1) is 0 Å². The van der Waals surface area contributed by atoms with Crippen molar-refractivity contribution in [2.24, 2.45) is 0 Å². The molecule has 0 atom stereocenters. The predicted octanol–water partition coefficient (Wildman–Crippen LogP) is 0.145. The van der Waals surface area contributed by atoms with Crippen LogP contribution in [0.15, 0.2) is 0 Å². The Balaban J connectivity index is 2.14. The molecule has 4 heteroatoms. The van der Waals surface area contributed by atoms with Crippen molar-refractivity contribution in [3.63, 3.8) is 0 Å². The SMILES string of the molecule is CNC1CCN(CCC(=O)O)CC1. The van der Waals surface area contributed by atoms with Crippen molar-refractivity contribution >= 4 is 5.97 Å². The molecule has 1 rings (SSSR count). The van der Waals surface area contributed by atoms with E-state index in [9.17, 15) is 4.79 Å². The standard InChI is InChI=1S/C9H18N2O2/c1-10-8-2-5-11(6-3-8)7-4-9(12)13/h8,10H,2-7H2,1H3,(H,12,13). The first-order valence-corrected chi connectivity index (χ1v) is 4.84. The zero-order valence-electron chi connectivity index (χ0n) is 8.12. The summed E-state index contributed by atoms with van der Waals surface area (Å²) in [6, 6.07) is 0.626. The van der Waals surface area contributed by atoms with E-state index in [1.165, 1.54) is 0 Å². The summed E-state index contributed by atoms with van der Waals surface area (Å²) in [5, 5.41) is 11.7. The van der Waals surface area contributed by atoms with Gasteiger partial charge >= 0.3 is 5.97 Å². The number of nitrogens with one attached hydrogen (secondary N) is 1. The van der Waals surface area contributed by atoms with E-state index in [1.807, 2.05) is 7.05 Å². The molecule has 0 radical (unpaired) electrons. The molecule has 1 aliphatic heterocycles. The maximum absolute atomic E-state index is 10.3. The van der Waals surface area contributed by atoms with Crippen LogP contribution in [-0.2, 0) is 4.79 Å². The first-order valence-electron chi connectivity index (χ1n) is 4.84. The summed E-state index contributed by atoms with van der Waals surface area (Å²) in [7, 11) is 1.98. The van der Waals surface area contributed by atoms with Crippen LogP contribution >= 0.6 is 0 Å². The van der Waals surface area contributed by atoms with Gasteiger partial charge in [0.2, 0.25) is 0 Å². The van der Waals surface area contributed by atoms with Crippen LogP contribution in [0.2, 0.25) is 0 Å². The Morgan fingerprint density at radius 2 is 2.15 bits per heavy atom. The first kappa shape index (κ1) is 10.5. The number of nitrogens with zero attached hydrogens (tertiary/aromatic N) is 1. The number of carbonyl (C=O) groups is 1. The predicted molar refractivity (Wildman–Crippen MR) is 50.8 cm³/mol. The van der Waals surface area contributed by atoms with E-state index in [0.717, 1.165) is 25.9 Å². The fraction of sp³-hybridized carbons (Fsp3) is 0.889. The first-order chi connectivity index (χ1) is 6.22. The highest BCUT2D eigenvalue weighted by molar-refractivity contribution is 5.66. The number of hydrogen-bond acceptors (Lipinski definition) is 3. The van der Waals surface area contributed by atoms with Crippen LogP contribution in [0.25, 0.3) is 0 Å². The van der Waals surface area contributed by atoms with Crippen LogP contribution in [-0.4, -0.2) is 48.7 Å². The second kappa shape index (κ2) is 5.19. The molecule has 0 bridgehead atoms. The number of carboxylic acid groups (broad SMARTS) is 1. The lowest BCUT2D eigenvalue weighted by atomic mass is 10.1. The van der Waals surface area contributed by atoms with E-state index in [2.05, 4.69) is 10.2 Å². The number of piperidine rings is 1. The summed E-state index contributed by atoms with van der Waals surface area (Å²) in [6.45, 7) is 2.75. The number of likely N-dealkylation sites (tertiary alicyclic amines) is 1. The third kappa shape index (κ3) is 3.74. The van der Waals surface area contributed by atoms with Crippen LogP contribution in [0.5, 0.6) is 0 Å². The molecular weight excluding hydrogens is 168 g/mol. The van der Waals surface area contributed by atoms with Gasteiger partial charge in [0.15, 0.2) is 0 Å². The van der Waals surface area contributed by atoms with Gasteiger partial charge in [0.05, 0.1) is 6.42 Å². The lowest BCUT2D eigenvalue weighted by Crippen LogP contribution is -2.41. The van der Waals surface area contributed by atoms with Crippen molar-refractivity contribution in [1.29, 1.82) is 0 Å². The maximum Gasteiger partial charge on any atom is 0.304 e. The topological polar surface area (TPSA) is 52.6 Å². The summed E-state index contributed by atoms with van der Waals surface area (Å²) in [4.78, 5) is 12.5. The molecule has 0 spiro atoms. The molecule has 0 aromatic rings. The highest BCUT2D eigenvalue weighted by Crippen LogP contribution is 2.09. The Bertz CT molecular complexity index is 165. The third-order valence-electron chi connectivity index (χ3n) is 2.64. The molecule has 4 nitrogen and oxygen atoms in total. The normalized spacial score (nSPS) is 20.4. The minimum atomic E-state index is -0.698. The fourth-order valence-corrected chi connectivity index (χ4v) is 1.70. The largest absolute Gasteiger partial charge is 0.481 e. The van der Waals surface area contributed by atoms with E-state index in [0.29, 0.717) is 12.6 Å². The zero-order valence-corrected chi connectivity index (χ0v) is 8.12. The van der Waals surface area contributed by atoms with E-state index in [4.69, 9.17) is 5.11 Å². The van der Waals surface area contributed by atoms with Crippen molar-refractivity contribution in [3.8, 4) is 0 Å². The maximum atomic E-state index is 10.3. The Morgan fingerprint density at radius 1 is 1.54 bits per heavy atom. The molecule has 0 aromatic heterocycles. The van der Waals surface area contributed by atoms with Gasteiger partial charge in [-0.2, -0.15) is 0 Å². The highest BCUT2D eigenvalue weighted by atomic mass is 16.4. The van der Waals surface area contributed by atoms with Crippen LogP contribution in [0.3, 0.4) is 0 Å². The summed E-state index contributed by atoms with van der Waals surface area (Å²) in [6.07, 6.45) is 2.54. The molecule has 0 amide bonds. The lowest BCUT2D eigenvalue weighted by Gasteiger charge is -2.31. The van der Waals surface area contributed by atoms with E-state index >= 15 is 0 Å². The molecule has 1 aliphatic rings. The molecule has 0 unspecified atom stereocenters. The van der Waals surface area contributed by atoms with Gasteiger partial charge in [0, 0.05) is 12.6 Å². The molecule has 2 N–H and O–H groups in total. The van der Waals surface area contributed by atoms with Crippen molar-refractivity contribution in [3.05, 3.63) is 0 Å². The molecule has 0 aromatic carbocycles. The molecule has 1 saturated heterocycles. The molecule has 1 fully saturated rings. The quantitative estimate of drug-likeness (QED) is 0.656. The second-order valence-corrected chi connectivity index (χ2v) is 3.55. The molecule has 0 saturated carbocycles. The van der Waals surface area contributed by atoms with Crippen molar-refractivity contribution < 1.29 is 9.90 Å². The number of hydrogen-bond donors (Lipinski definition) is 2. The highest BCUT2D eigenvalue weighted by Gasteiger charge is 2.17. The summed E-state index contributed by atoms with van der Waals surface area (Å²) in [5.74, 6) is -0.698. The van der Waals surface area contributed by atoms with Crippen molar-refractivity contribution in [2.45, 2.75) is 25.3 Å². The van der Waals surface area contributed by atoms with Gasteiger partial charge < -0.3 is 15.3 Å². The van der Waals surface area contributed by atoms with E-state index < -0.39 is 5.97 Å². The molecule has 76 valence electrons. The third-order valence-corrected chi connectivity index (χ3v) is 2.64. The fourth-order valence-electron chi connectivity index (χ4n) is 1.70. The van der Waals surface area contributed by atoms with Crippen LogP contribution in [0.1, 0.15) is 19.3 Å². The number of rotatable bonds is 4. The minimum Gasteiger partial charge on any atom is -0.481 e. The lowest BCUT2D eigenvalue weighted by molar-refractivity contribution is -0.137. The summed E-state index contributed by atoms with van der Waals surface area (Å²) < 4.78 is 0. The Morgan fingerprint density at radius 3 is 2.62 bits per heavy atom.